The van der Waals surface area contributed by atoms with E-state index in [0.29, 0.717) is 22.2 Å². The number of hydrogen-bond acceptors (Lipinski definition) is 2. The molecule has 2 N–H and O–H groups in total. The third kappa shape index (κ3) is 2.72. The number of carbonyl (C=O) groups is 1. The molecule has 0 saturated carbocycles. The van der Waals surface area contributed by atoms with Crippen LogP contribution < -0.4 is 5.73 Å². The number of hydrogen-bond donors (Lipinski definition) is 1. The molecule has 1 saturated heterocycles. The Hall–Kier alpha value is -1.22. The van der Waals surface area contributed by atoms with Gasteiger partial charge in [0.1, 0.15) is 0 Å². The minimum atomic E-state index is 0.0153. The van der Waals surface area contributed by atoms with Gasteiger partial charge in [-0.25, -0.2) is 0 Å². The molecule has 0 radical (unpaired) electrons. The second-order valence-electron chi connectivity index (χ2n) is 4.74. The molecule has 0 aromatic heterocycles. The highest BCUT2D eigenvalue weighted by atomic mass is 35.5. The molecule has 1 aromatic rings. The lowest BCUT2D eigenvalue weighted by Crippen LogP contribution is -2.39. The topological polar surface area (TPSA) is 46.3 Å². The Morgan fingerprint density at radius 1 is 1.53 bits per heavy atom. The lowest BCUT2D eigenvalue weighted by Gasteiger charge is -2.31. The highest BCUT2D eigenvalue weighted by Gasteiger charge is 2.23. The van der Waals surface area contributed by atoms with Gasteiger partial charge in [0.2, 0.25) is 0 Å². The number of anilines is 1. The number of likely N-dealkylation sites (tertiary alicyclic amines) is 1. The zero-order valence-electron chi connectivity index (χ0n) is 9.95. The average molecular weight is 253 g/mol. The number of nitrogen functional groups attached to an aromatic ring is 1. The van der Waals surface area contributed by atoms with Gasteiger partial charge >= 0.3 is 0 Å². The second kappa shape index (κ2) is 4.96. The summed E-state index contributed by atoms with van der Waals surface area (Å²) in [4.78, 5) is 14.2. The Balaban J connectivity index is 2.18. The van der Waals surface area contributed by atoms with E-state index in [-0.39, 0.29) is 5.91 Å². The quantitative estimate of drug-likeness (QED) is 0.782. The third-order valence-corrected chi connectivity index (χ3v) is 3.48. The van der Waals surface area contributed by atoms with Crippen molar-refractivity contribution in [2.45, 2.75) is 19.8 Å². The number of carbonyl (C=O) groups excluding carboxylic acids is 1. The van der Waals surface area contributed by atoms with Crippen LogP contribution in [0.15, 0.2) is 18.2 Å². The SMILES string of the molecule is CC1CCCN(C(=O)c2ccc(N)cc2Cl)C1. The van der Waals surface area contributed by atoms with Crippen molar-refractivity contribution in [3.8, 4) is 0 Å². The van der Waals surface area contributed by atoms with Crippen LogP contribution in [0.4, 0.5) is 5.69 Å². The van der Waals surface area contributed by atoms with Gasteiger partial charge in [-0.15, -0.1) is 0 Å². The molecule has 1 heterocycles. The first-order valence-electron chi connectivity index (χ1n) is 5.92. The van der Waals surface area contributed by atoms with E-state index < -0.39 is 0 Å². The van der Waals surface area contributed by atoms with Crippen molar-refractivity contribution in [3.05, 3.63) is 28.8 Å². The zero-order chi connectivity index (χ0) is 12.4. The summed E-state index contributed by atoms with van der Waals surface area (Å²) in [7, 11) is 0. The smallest absolute Gasteiger partial charge is 0.255 e. The van der Waals surface area contributed by atoms with Crippen molar-refractivity contribution in [2.75, 3.05) is 18.8 Å². The molecule has 17 heavy (non-hydrogen) atoms. The number of rotatable bonds is 1. The first-order valence-corrected chi connectivity index (χ1v) is 6.30. The summed E-state index contributed by atoms with van der Waals surface area (Å²) in [5.74, 6) is 0.585. The van der Waals surface area contributed by atoms with Gasteiger partial charge in [-0.2, -0.15) is 0 Å². The third-order valence-electron chi connectivity index (χ3n) is 3.17. The molecule has 1 aliphatic rings. The molecule has 0 bridgehead atoms. The standard InChI is InChI=1S/C13H17ClN2O/c1-9-3-2-6-16(8-9)13(17)11-5-4-10(15)7-12(11)14/h4-5,7,9H,2-3,6,8,15H2,1H3. The Bertz CT molecular complexity index is 433. The fourth-order valence-corrected chi connectivity index (χ4v) is 2.52. The molecular formula is C13H17ClN2O. The van der Waals surface area contributed by atoms with E-state index in [1.165, 1.54) is 6.42 Å². The van der Waals surface area contributed by atoms with Crippen molar-refractivity contribution >= 4 is 23.2 Å². The average Bonchev–Trinajstić information content (AvgIpc) is 2.28. The van der Waals surface area contributed by atoms with Crippen LogP contribution in [0.2, 0.25) is 5.02 Å². The van der Waals surface area contributed by atoms with Gasteiger partial charge in [0.05, 0.1) is 10.6 Å². The molecule has 3 nitrogen and oxygen atoms in total. The summed E-state index contributed by atoms with van der Waals surface area (Å²) >= 11 is 6.05. The highest BCUT2D eigenvalue weighted by Crippen LogP contribution is 2.23. The maximum atomic E-state index is 12.3. The molecule has 0 aliphatic carbocycles. The largest absolute Gasteiger partial charge is 0.399 e. The van der Waals surface area contributed by atoms with Crippen LogP contribution in [0.3, 0.4) is 0 Å². The number of piperidine rings is 1. The summed E-state index contributed by atoms with van der Waals surface area (Å²) in [6.45, 7) is 3.81. The van der Waals surface area contributed by atoms with Gasteiger partial charge in [0, 0.05) is 18.8 Å². The van der Waals surface area contributed by atoms with Crippen molar-refractivity contribution < 1.29 is 4.79 Å². The van der Waals surface area contributed by atoms with Crippen LogP contribution in [-0.2, 0) is 0 Å². The van der Waals surface area contributed by atoms with E-state index in [4.69, 9.17) is 17.3 Å². The number of benzene rings is 1. The predicted molar refractivity (Wildman–Crippen MR) is 70.2 cm³/mol. The lowest BCUT2D eigenvalue weighted by molar-refractivity contribution is 0.0683. The fourth-order valence-electron chi connectivity index (χ4n) is 2.25. The fraction of sp³-hybridized carbons (Fsp3) is 0.462. The van der Waals surface area contributed by atoms with Crippen LogP contribution in [0, 0.1) is 5.92 Å². The summed E-state index contributed by atoms with van der Waals surface area (Å²) in [5.41, 5.74) is 6.75. The van der Waals surface area contributed by atoms with E-state index in [0.717, 1.165) is 19.5 Å². The van der Waals surface area contributed by atoms with Crippen molar-refractivity contribution in [1.82, 2.24) is 4.90 Å². The van der Waals surface area contributed by atoms with Crippen LogP contribution >= 0.6 is 11.6 Å². The molecule has 4 heteroatoms. The van der Waals surface area contributed by atoms with Gasteiger partial charge < -0.3 is 10.6 Å². The van der Waals surface area contributed by atoms with Crippen LogP contribution in [0.25, 0.3) is 0 Å². The van der Waals surface area contributed by atoms with Gasteiger partial charge in [0.25, 0.3) is 5.91 Å². The molecular weight excluding hydrogens is 236 g/mol. The number of nitrogens with two attached hydrogens (primary N) is 1. The molecule has 1 unspecified atom stereocenters. The minimum absolute atomic E-state index is 0.0153. The van der Waals surface area contributed by atoms with Gasteiger partial charge in [-0.1, -0.05) is 18.5 Å². The molecule has 2 rings (SSSR count). The predicted octanol–water partition coefficient (Wildman–Crippen LogP) is 2.79. The van der Waals surface area contributed by atoms with Gasteiger partial charge in [-0.05, 0) is 37.0 Å². The molecule has 1 amide bonds. The maximum absolute atomic E-state index is 12.3. The summed E-state index contributed by atoms with van der Waals surface area (Å²) < 4.78 is 0. The number of amides is 1. The monoisotopic (exact) mass is 252 g/mol. The summed E-state index contributed by atoms with van der Waals surface area (Å²) in [6, 6.07) is 5.05. The molecule has 0 spiro atoms. The number of halogens is 1. The van der Waals surface area contributed by atoms with Crippen LogP contribution in [-0.4, -0.2) is 23.9 Å². The lowest BCUT2D eigenvalue weighted by atomic mass is 9.99. The van der Waals surface area contributed by atoms with E-state index >= 15 is 0 Å². The number of nitrogens with zero attached hydrogens (tertiary/aromatic N) is 1. The van der Waals surface area contributed by atoms with Crippen molar-refractivity contribution in [1.29, 1.82) is 0 Å². The highest BCUT2D eigenvalue weighted by molar-refractivity contribution is 6.34. The van der Waals surface area contributed by atoms with Gasteiger partial charge in [0.15, 0.2) is 0 Å². The second-order valence-corrected chi connectivity index (χ2v) is 5.15. The van der Waals surface area contributed by atoms with E-state index in [2.05, 4.69) is 6.92 Å². The Labute approximate surface area is 107 Å². The van der Waals surface area contributed by atoms with Crippen molar-refractivity contribution in [2.24, 2.45) is 5.92 Å². The first-order chi connectivity index (χ1) is 8.08. The Morgan fingerprint density at radius 2 is 2.29 bits per heavy atom. The van der Waals surface area contributed by atoms with Crippen LogP contribution in [0.5, 0.6) is 0 Å². The van der Waals surface area contributed by atoms with Crippen LogP contribution in [0.1, 0.15) is 30.1 Å². The Morgan fingerprint density at radius 3 is 2.94 bits per heavy atom. The van der Waals surface area contributed by atoms with E-state index in [9.17, 15) is 4.79 Å². The summed E-state index contributed by atoms with van der Waals surface area (Å²) in [5, 5.41) is 0.438. The molecule has 92 valence electrons. The minimum Gasteiger partial charge on any atom is -0.399 e. The first kappa shape index (κ1) is 12.2. The summed E-state index contributed by atoms with van der Waals surface area (Å²) in [6.07, 6.45) is 2.26. The van der Waals surface area contributed by atoms with E-state index in [1.807, 2.05) is 4.90 Å². The zero-order valence-corrected chi connectivity index (χ0v) is 10.7. The Kier molecular flexibility index (Phi) is 3.57. The van der Waals surface area contributed by atoms with E-state index in [1.54, 1.807) is 18.2 Å². The van der Waals surface area contributed by atoms with Gasteiger partial charge in [-0.3, -0.25) is 4.79 Å². The molecule has 1 fully saturated rings. The normalized spacial score (nSPS) is 20.4. The molecule has 1 aromatic carbocycles. The molecule has 1 atom stereocenters. The van der Waals surface area contributed by atoms with Crippen molar-refractivity contribution in [3.63, 3.8) is 0 Å². The molecule has 1 aliphatic heterocycles. The maximum Gasteiger partial charge on any atom is 0.255 e.